The van der Waals surface area contributed by atoms with Crippen LogP contribution in [0, 0.1) is 23.2 Å². The van der Waals surface area contributed by atoms with Crippen LogP contribution in [0.15, 0.2) is 90.5 Å². The molecule has 3 aromatic carbocycles. The van der Waals surface area contributed by atoms with Gasteiger partial charge in [0.2, 0.25) is 0 Å². The van der Waals surface area contributed by atoms with E-state index in [9.17, 15) is 15.2 Å². The number of aliphatic hydroxyl groups excluding tert-OH is 1. The molecule has 5 heteroatoms. The number of rotatable bonds is 4. The Morgan fingerprint density at radius 3 is 2.49 bits per heavy atom. The fraction of sp³-hybridized carbons (Fsp3) is 0.219. The highest BCUT2D eigenvalue weighted by atomic mass is 16.3. The molecule has 2 aliphatic carbocycles. The van der Waals surface area contributed by atoms with Crippen LogP contribution in [0.3, 0.4) is 0 Å². The molecule has 0 bridgehead atoms. The van der Waals surface area contributed by atoms with Crippen molar-refractivity contribution >= 4 is 5.78 Å². The lowest BCUT2D eigenvalue weighted by molar-refractivity contribution is -0.120. The SMILES string of the molecule is CC1C(=O)C(C#N)=CC2c3c(c(-c4ccccc4)nn3-c3ccc(-c4cccc(CO)c4)cc3)CCC12. The first kappa shape index (κ1) is 23.1. The Morgan fingerprint density at radius 1 is 1.00 bits per heavy atom. The smallest absolute Gasteiger partial charge is 0.176 e. The Kier molecular flexibility index (Phi) is 5.82. The van der Waals surface area contributed by atoms with Gasteiger partial charge in [-0.25, -0.2) is 4.68 Å². The van der Waals surface area contributed by atoms with Gasteiger partial charge in [-0.2, -0.15) is 10.4 Å². The normalized spacial score (nSPS) is 20.5. The van der Waals surface area contributed by atoms with E-state index in [0.29, 0.717) is 0 Å². The number of benzene rings is 3. The fourth-order valence-corrected chi connectivity index (χ4v) is 5.97. The Labute approximate surface area is 216 Å². The van der Waals surface area contributed by atoms with Crippen molar-refractivity contribution in [3.8, 4) is 34.1 Å². The quantitative estimate of drug-likeness (QED) is 0.384. The summed E-state index contributed by atoms with van der Waals surface area (Å²) in [7, 11) is 0. The van der Waals surface area contributed by atoms with Crippen LogP contribution < -0.4 is 0 Å². The average molecular weight is 486 g/mol. The number of hydrogen-bond donors (Lipinski definition) is 1. The van der Waals surface area contributed by atoms with Crippen LogP contribution in [-0.2, 0) is 17.8 Å². The standard InChI is InChI=1S/C32H27N3O2/c1-20-27-14-15-28-30(23-7-3-2-4-8-23)34-35(31(28)29(27)17-25(18-33)32(20)37)26-12-10-22(11-13-26)24-9-5-6-21(16-24)19-36/h2-13,16-17,20,27,29,36H,14-15,19H2,1H3. The number of nitriles is 1. The fourth-order valence-electron chi connectivity index (χ4n) is 5.97. The summed E-state index contributed by atoms with van der Waals surface area (Å²) in [5.74, 6) is -0.132. The number of Topliss-reactive ketones (excluding diaryl/α,β-unsaturated/α-hetero) is 1. The van der Waals surface area contributed by atoms with Gasteiger partial charge in [0, 0.05) is 23.0 Å². The first-order valence-corrected chi connectivity index (χ1v) is 12.7. The number of hydrogen-bond acceptors (Lipinski definition) is 4. The second-order valence-electron chi connectivity index (χ2n) is 9.97. The van der Waals surface area contributed by atoms with E-state index in [0.717, 1.165) is 52.2 Å². The maximum Gasteiger partial charge on any atom is 0.176 e. The summed E-state index contributed by atoms with van der Waals surface area (Å²) in [4.78, 5) is 12.8. The lowest BCUT2D eigenvalue weighted by Gasteiger charge is -2.37. The first-order chi connectivity index (χ1) is 18.1. The minimum absolute atomic E-state index is 0.00922. The molecule has 37 heavy (non-hydrogen) atoms. The largest absolute Gasteiger partial charge is 0.392 e. The zero-order chi connectivity index (χ0) is 25.5. The highest BCUT2D eigenvalue weighted by molar-refractivity contribution is 6.01. The molecule has 1 N–H and O–H groups in total. The predicted octanol–water partition coefficient (Wildman–Crippen LogP) is 6.01. The molecule has 0 spiro atoms. The molecule has 3 unspecified atom stereocenters. The number of ketones is 1. The zero-order valence-corrected chi connectivity index (χ0v) is 20.6. The molecule has 0 amide bonds. The van der Waals surface area contributed by atoms with Gasteiger partial charge in [0.15, 0.2) is 5.78 Å². The van der Waals surface area contributed by atoms with Crippen molar-refractivity contribution < 1.29 is 9.90 Å². The summed E-state index contributed by atoms with van der Waals surface area (Å²) >= 11 is 0. The van der Waals surface area contributed by atoms with E-state index in [-0.39, 0.29) is 35.7 Å². The summed E-state index contributed by atoms with van der Waals surface area (Å²) < 4.78 is 2.02. The molecule has 182 valence electrons. The summed E-state index contributed by atoms with van der Waals surface area (Å²) in [5, 5.41) is 24.3. The monoisotopic (exact) mass is 485 g/mol. The second kappa shape index (κ2) is 9.31. The number of carbonyl (C=O) groups is 1. The third-order valence-corrected chi connectivity index (χ3v) is 7.92. The number of aromatic nitrogens is 2. The van der Waals surface area contributed by atoms with Gasteiger partial charge in [0.1, 0.15) is 6.07 Å². The van der Waals surface area contributed by atoms with Gasteiger partial charge in [-0.15, -0.1) is 0 Å². The molecule has 0 fully saturated rings. The van der Waals surface area contributed by atoms with Gasteiger partial charge in [-0.1, -0.05) is 73.7 Å². The highest BCUT2D eigenvalue weighted by Crippen LogP contribution is 2.48. The Morgan fingerprint density at radius 2 is 1.76 bits per heavy atom. The molecule has 4 aromatic rings. The predicted molar refractivity (Wildman–Crippen MR) is 143 cm³/mol. The molecular weight excluding hydrogens is 458 g/mol. The number of fused-ring (bicyclic) bond motifs is 3. The van der Waals surface area contributed by atoms with Crippen LogP contribution in [-0.4, -0.2) is 20.7 Å². The Balaban J connectivity index is 1.50. The van der Waals surface area contributed by atoms with E-state index in [1.807, 2.05) is 60.1 Å². The van der Waals surface area contributed by atoms with Crippen LogP contribution in [0.25, 0.3) is 28.1 Å². The van der Waals surface area contributed by atoms with Gasteiger partial charge >= 0.3 is 0 Å². The van der Waals surface area contributed by atoms with Crippen molar-refractivity contribution in [1.29, 1.82) is 5.26 Å². The Hall–Kier alpha value is -4.27. The maximum atomic E-state index is 12.8. The molecule has 1 heterocycles. The number of allylic oxidation sites excluding steroid dienone is 2. The molecule has 5 nitrogen and oxygen atoms in total. The molecular formula is C32H27N3O2. The van der Waals surface area contributed by atoms with E-state index in [2.05, 4.69) is 42.5 Å². The van der Waals surface area contributed by atoms with Crippen LogP contribution in [0.4, 0.5) is 0 Å². The average Bonchev–Trinajstić information content (AvgIpc) is 3.35. The summed E-state index contributed by atoms with van der Waals surface area (Å²) in [6.45, 7) is 1.97. The highest BCUT2D eigenvalue weighted by Gasteiger charge is 2.43. The summed E-state index contributed by atoms with van der Waals surface area (Å²) in [6, 6.07) is 28.6. The van der Waals surface area contributed by atoms with Crippen LogP contribution in [0.2, 0.25) is 0 Å². The van der Waals surface area contributed by atoms with E-state index < -0.39 is 0 Å². The number of carbonyl (C=O) groups excluding carboxylic acids is 1. The maximum absolute atomic E-state index is 12.8. The summed E-state index contributed by atoms with van der Waals surface area (Å²) in [5.41, 5.74) is 8.49. The third-order valence-electron chi connectivity index (χ3n) is 7.92. The first-order valence-electron chi connectivity index (χ1n) is 12.7. The molecule has 0 aliphatic heterocycles. The van der Waals surface area contributed by atoms with Gasteiger partial charge in [0.25, 0.3) is 0 Å². The van der Waals surface area contributed by atoms with Crippen molar-refractivity contribution in [2.75, 3.05) is 0 Å². The molecule has 6 rings (SSSR count). The minimum Gasteiger partial charge on any atom is -0.392 e. The van der Waals surface area contributed by atoms with Crippen LogP contribution >= 0.6 is 0 Å². The van der Waals surface area contributed by atoms with Crippen molar-refractivity contribution in [2.24, 2.45) is 11.8 Å². The van der Waals surface area contributed by atoms with Gasteiger partial charge in [-0.3, -0.25) is 4.79 Å². The van der Waals surface area contributed by atoms with Crippen molar-refractivity contribution in [3.05, 3.63) is 107 Å². The molecule has 0 saturated heterocycles. The Bertz CT molecular complexity index is 1560. The van der Waals surface area contributed by atoms with Gasteiger partial charge in [0.05, 0.1) is 29.3 Å². The zero-order valence-electron chi connectivity index (χ0n) is 20.6. The second-order valence-corrected chi connectivity index (χ2v) is 9.97. The van der Waals surface area contributed by atoms with Crippen molar-refractivity contribution in [3.63, 3.8) is 0 Å². The van der Waals surface area contributed by atoms with E-state index in [1.54, 1.807) is 0 Å². The lowest BCUT2D eigenvalue weighted by Crippen LogP contribution is -2.35. The van der Waals surface area contributed by atoms with Crippen molar-refractivity contribution in [2.45, 2.75) is 32.3 Å². The number of nitrogens with zero attached hydrogens (tertiary/aromatic N) is 3. The van der Waals surface area contributed by atoms with Gasteiger partial charge < -0.3 is 5.11 Å². The topological polar surface area (TPSA) is 78.9 Å². The molecule has 3 atom stereocenters. The third kappa shape index (κ3) is 3.91. The van der Waals surface area contributed by atoms with Gasteiger partial charge in [-0.05, 0) is 53.6 Å². The summed E-state index contributed by atoms with van der Waals surface area (Å²) in [6.07, 6.45) is 3.62. The lowest BCUT2D eigenvalue weighted by atomic mass is 9.66. The van der Waals surface area contributed by atoms with E-state index >= 15 is 0 Å². The van der Waals surface area contributed by atoms with Crippen LogP contribution in [0.1, 0.15) is 36.1 Å². The van der Waals surface area contributed by atoms with Crippen LogP contribution in [0.5, 0.6) is 0 Å². The molecule has 0 radical (unpaired) electrons. The minimum atomic E-state index is -0.192. The van der Waals surface area contributed by atoms with E-state index in [4.69, 9.17) is 5.10 Å². The molecule has 0 saturated carbocycles. The number of aliphatic hydroxyl groups is 1. The van der Waals surface area contributed by atoms with E-state index in [1.165, 1.54) is 5.56 Å². The molecule has 2 aliphatic rings. The molecule has 1 aromatic heterocycles. The van der Waals surface area contributed by atoms with Crippen molar-refractivity contribution in [1.82, 2.24) is 9.78 Å².